The first-order valence-electron chi connectivity index (χ1n) is 9.67. The molecule has 1 N–H and O–H groups in total. The van der Waals surface area contributed by atoms with Crippen molar-refractivity contribution >= 4 is 27.4 Å². The molecule has 0 aliphatic carbocycles. The molecule has 0 radical (unpaired) electrons. The lowest BCUT2D eigenvalue weighted by atomic mass is 9.99. The third-order valence-corrected chi connectivity index (χ3v) is 7.40. The molecule has 0 saturated carbocycles. The van der Waals surface area contributed by atoms with Gasteiger partial charge in [-0.15, -0.1) is 0 Å². The highest BCUT2D eigenvalue weighted by Crippen LogP contribution is 2.20. The van der Waals surface area contributed by atoms with Crippen LogP contribution in [0.25, 0.3) is 0 Å². The van der Waals surface area contributed by atoms with E-state index < -0.39 is 15.8 Å². The van der Waals surface area contributed by atoms with Crippen LogP contribution in [0.4, 0.5) is 4.39 Å². The molecule has 1 aliphatic rings. The van der Waals surface area contributed by atoms with Crippen molar-refractivity contribution in [3.8, 4) is 0 Å². The molecule has 0 spiro atoms. The van der Waals surface area contributed by atoms with E-state index in [-0.39, 0.29) is 4.90 Å². The Morgan fingerprint density at radius 1 is 1.22 bits per heavy atom. The fraction of sp³-hybridized carbons (Fsp3) is 0.632. The third-order valence-electron chi connectivity index (χ3n) is 5.07. The standard InChI is InChI=1S/C19H30FN3O2S2/c1-3-5-8-16(4-2)15-21-19(26)22-11-13-23(14-12-22)27(24,25)18-10-7-6-9-17(18)20/h6-7,9-10,16H,3-5,8,11-15H2,1-2H3,(H,21,26)/t16-/m1/s1. The number of rotatable bonds is 8. The normalized spacial score (nSPS) is 16.9. The summed E-state index contributed by atoms with van der Waals surface area (Å²) >= 11 is 5.49. The van der Waals surface area contributed by atoms with Gasteiger partial charge in [-0.1, -0.05) is 45.2 Å². The Kier molecular flexibility index (Phi) is 8.44. The number of nitrogens with zero attached hydrogens (tertiary/aromatic N) is 2. The first-order chi connectivity index (χ1) is 12.9. The molecule has 5 nitrogen and oxygen atoms in total. The summed E-state index contributed by atoms with van der Waals surface area (Å²) in [4.78, 5) is 1.73. The molecule has 1 aliphatic heterocycles. The summed E-state index contributed by atoms with van der Waals surface area (Å²) in [6.07, 6.45) is 4.72. The Morgan fingerprint density at radius 2 is 1.89 bits per heavy atom. The second-order valence-corrected chi connectivity index (χ2v) is 9.22. The van der Waals surface area contributed by atoms with Crippen LogP contribution < -0.4 is 5.32 Å². The van der Waals surface area contributed by atoms with E-state index in [1.54, 1.807) is 0 Å². The Hall–Kier alpha value is -1.25. The highest BCUT2D eigenvalue weighted by Gasteiger charge is 2.31. The van der Waals surface area contributed by atoms with Gasteiger partial charge >= 0.3 is 0 Å². The van der Waals surface area contributed by atoms with Crippen molar-refractivity contribution in [3.63, 3.8) is 0 Å². The van der Waals surface area contributed by atoms with Crippen LogP contribution in [0.5, 0.6) is 0 Å². The van der Waals surface area contributed by atoms with Crippen LogP contribution >= 0.6 is 12.2 Å². The Morgan fingerprint density at radius 3 is 2.48 bits per heavy atom. The van der Waals surface area contributed by atoms with Crippen molar-refractivity contribution in [2.45, 2.75) is 44.4 Å². The molecule has 1 saturated heterocycles. The van der Waals surface area contributed by atoms with E-state index in [1.165, 1.54) is 47.8 Å². The summed E-state index contributed by atoms with van der Waals surface area (Å²) in [7, 11) is -3.81. The van der Waals surface area contributed by atoms with Gasteiger partial charge in [0, 0.05) is 32.7 Å². The molecular formula is C19H30FN3O2S2. The van der Waals surface area contributed by atoms with Crippen LogP contribution in [0.2, 0.25) is 0 Å². The molecule has 8 heteroatoms. The zero-order chi connectivity index (χ0) is 19.9. The van der Waals surface area contributed by atoms with Crippen LogP contribution in [-0.4, -0.2) is 55.5 Å². The minimum Gasteiger partial charge on any atom is -0.362 e. The SMILES string of the molecule is CCCC[C@@H](CC)CNC(=S)N1CCN(S(=O)(=O)c2ccccc2F)CC1. The van der Waals surface area contributed by atoms with Crippen molar-refractivity contribution in [3.05, 3.63) is 30.1 Å². The van der Waals surface area contributed by atoms with Gasteiger partial charge in [0.25, 0.3) is 0 Å². The van der Waals surface area contributed by atoms with Gasteiger partial charge in [0.15, 0.2) is 5.11 Å². The minimum atomic E-state index is -3.81. The molecule has 1 fully saturated rings. The Labute approximate surface area is 168 Å². The first kappa shape index (κ1) is 22.0. The van der Waals surface area contributed by atoms with E-state index >= 15 is 0 Å². The van der Waals surface area contributed by atoms with Crippen LogP contribution in [0, 0.1) is 11.7 Å². The lowest BCUT2D eigenvalue weighted by Crippen LogP contribution is -2.53. The van der Waals surface area contributed by atoms with Crippen LogP contribution in [0.3, 0.4) is 0 Å². The monoisotopic (exact) mass is 415 g/mol. The second kappa shape index (κ2) is 10.3. The molecule has 27 heavy (non-hydrogen) atoms. The van der Waals surface area contributed by atoms with Crippen molar-refractivity contribution in [1.29, 1.82) is 0 Å². The molecule has 1 aromatic rings. The number of unbranched alkanes of at least 4 members (excludes halogenated alkanes) is 1. The van der Waals surface area contributed by atoms with Gasteiger partial charge < -0.3 is 10.2 Å². The van der Waals surface area contributed by atoms with E-state index in [0.29, 0.717) is 37.2 Å². The van der Waals surface area contributed by atoms with E-state index in [1.807, 2.05) is 4.90 Å². The summed E-state index contributed by atoms with van der Waals surface area (Å²) in [5.41, 5.74) is 0. The van der Waals surface area contributed by atoms with Gasteiger partial charge in [0.05, 0.1) is 0 Å². The van der Waals surface area contributed by atoms with Gasteiger partial charge in [-0.25, -0.2) is 12.8 Å². The van der Waals surface area contributed by atoms with Crippen LogP contribution in [-0.2, 0) is 10.0 Å². The number of nitrogens with one attached hydrogen (secondary N) is 1. The predicted octanol–water partition coefficient (Wildman–Crippen LogP) is 3.22. The molecule has 2 rings (SSSR count). The van der Waals surface area contributed by atoms with Gasteiger partial charge in [0.2, 0.25) is 10.0 Å². The lowest BCUT2D eigenvalue weighted by Gasteiger charge is -2.35. The maximum atomic E-state index is 13.9. The lowest BCUT2D eigenvalue weighted by molar-refractivity contribution is 0.262. The largest absolute Gasteiger partial charge is 0.362 e. The summed E-state index contributed by atoms with van der Waals surface area (Å²) in [5.74, 6) is -0.111. The molecule has 1 aromatic carbocycles. The smallest absolute Gasteiger partial charge is 0.246 e. The molecule has 0 bridgehead atoms. The van der Waals surface area contributed by atoms with E-state index in [9.17, 15) is 12.8 Å². The van der Waals surface area contributed by atoms with E-state index in [4.69, 9.17) is 12.2 Å². The van der Waals surface area contributed by atoms with Crippen molar-refractivity contribution in [2.24, 2.45) is 5.92 Å². The average Bonchev–Trinajstić information content (AvgIpc) is 2.68. The maximum absolute atomic E-state index is 13.9. The van der Waals surface area contributed by atoms with Crippen molar-refractivity contribution in [1.82, 2.24) is 14.5 Å². The molecule has 0 amide bonds. The second-order valence-electron chi connectivity index (χ2n) is 6.92. The average molecular weight is 416 g/mol. The topological polar surface area (TPSA) is 52.6 Å². The molecule has 1 atom stereocenters. The number of thiocarbonyl (C=S) groups is 1. The van der Waals surface area contributed by atoms with Gasteiger partial charge in [-0.2, -0.15) is 4.31 Å². The van der Waals surface area contributed by atoms with E-state index in [0.717, 1.165) is 13.0 Å². The fourth-order valence-electron chi connectivity index (χ4n) is 3.21. The van der Waals surface area contributed by atoms with E-state index in [2.05, 4.69) is 19.2 Å². The summed E-state index contributed by atoms with van der Waals surface area (Å²) in [5, 5.41) is 4.01. The van der Waals surface area contributed by atoms with Crippen molar-refractivity contribution in [2.75, 3.05) is 32.7 Å². The molecule has 1 heterocycles. The highest BCUT2D eigenvalue weighted by atomic mass is 32.2. The zero-order valence-corrected chi connectivity index (χ0v) is 17.8. The summed E-state index contributed by atoms with van der Waals surface area (Å²) in [6, 6.07) is 5.50. The number of piperazine rings is 1. The number of halogens is 1. The zero-order valence-electron chi connectivity index (χ0n) is 16.2. The Bertz CT molecular complexity index is 719. The third kappa shape index (κ3) is 5.86. The predicted molar refractivity (Wildman–Crippen MR) is 111 cm³/mol. The fourth-order valence-corrected chi connectivity index (χ4v) is 4.96. The van der Waals surface area contributed by atoms with Crippen molar-refractivity contribution < 1.29 is 12.8 Å². The minimum absolute atomic E-state index is 0.263. The molecule has 152 valence electrons. The Balaban J connectivity index is 1.87. The first-order valence-corrected chi connectivity index (χ1v) is 11.5. The van der Waals surface area contributed by atoms with Gasteiger partial charge in [-0.3, -0.25) is 0 Å². The number of sulfonamides is 1. The molecule has 0 aromatic heterocycles. The van der Waals surface area contributed by atoms with Crippen LogP contribution in [0.15, 0.2) is 29.2 Å². The molecular weight excluding hydrogens is 385 g/mol. The quantitative estimate of drug-likeness (QED) is 0.661. The molecule has 0 unspecified atom stereocenters. The maximum Gasteiger partial charge on any atom is 0.246 e. The summed E-state index contributed by atoms with van der Waals surface area (Å²) < 4.78 is 40.5. The van der Waals surface area contributed by atoms with Gasteiger partial charge in [-0.05, 0) is 36.7 Å². The van der Waals surface area contributed by atoms with Crippen LogP contribution in [0.1, 0.15) is 39.5 Å². The summed E-state index contributed by atoms with van der Waals surface area (Å²) in [6.45, 7) is 6.84. The van der Waals surface area contributed by atoms with Gasteiger partial charge in [0.1, 0.15) is 10.7 Å². The highest BCUT2D eigenvalue weighted by molar-refractivity contribution is 7.89. The number of benzene rings is 1. The number of hydrogen-bond donors (Lipinski definition) is 1. The number of hydrogen-bond acceptors (Lipinski definition) is 3.